The van der Waals surface area contributed by atoms with Crippen molar-refractivity contribution < 1.29 is 18.1 Å². The number of aldehydes is 1. The van der Waals surface area contributed by atoms with Crippen LogP contribution >= 0.6 is 0 Å². The first-order valence-corrected chi connectivity index (χ1v) is 8.33. The third-order valence-corrected chi connectivity index (χ3v) is 5.31. The Labute approximate surface area is 141 Å². The molecule has 0 fully saturated rings. The summed E-state index contributed by atoms with van der Waals surface area (Å²) in [5, 5.41) is 20.1. The van der Waals surface area contributed by atoms with Crippen LogP contribution < -0.4 is 0 Å². The fraction of sp³-hybridized carbons (Fsp3) is 0. The van der Waals surface area contributed by atoms with Crippen molar-refractivity contribution in [3.8, 4) is 6.07 Å². The zero-order valence-electron chi connectivity index (χ0n) is 12.5. The van der Waals surface area contributed by atoms with E-state index in [4.69, 9.17) is 5.26 Å². The highest BCUT2D eigenvalue weighted by Crippen LogP contribution is 2.27. The summed E-state index contributed by atoms with van der Waals surface area (Å²) in [6.07, 6.45) is 1.62. The topological polar surface area (TPSA) is 123 Å². The van der Waals surface area contributed by atoms with Gasteiger partial charge in [0.1, 0.15) is 0 Å². The predicted molar refractivity (Wildman–Crippen MR) is 87.7 cm³/mol. The van der Waals surface area contributed by atoms with Gasteiger partial charge in [0.15, 0.2) is 6.29 Å². The number of benzene rings is 2. The standard InChI is InChI=1S/C16H9N3O5S/c17-8-11-4-5-16-15(6-11)12(10-20)9-18(16)25(23,24)14-3-1-2-13(7-14)19(21)22/h1-7,9-10H. The first-order valence-electron chi connectivity index (χ1n) is 6.89. The van der Waals surface area contributed by atoms with Crippen molar-refractivity contribution >= 4 is 32.9 Å². The number of nitriles is 1. The van der Waals surface area contributed by atoms with Gasteiger partial charge in [-0.3, -0.25) is 14.9 Å². The summed E-state index contributed by atoms with van der Waals surface area (Å²) in [5.74, 6) is 0. The van der Waals surface area contributed by atoms with E-state index in [1.165, 1.54) is 36.4 Å². The molecule has 1 aromatic heterocycles. The SMILES string of the molecule is N#Cc1ccc2c(c1)c(C=O)cn2S(=O)(=O)c1cccc([N+](=O)[O-])c1. The van der Waals surface area contributed by atoms with Gasteiger partial charge in [0.25, 0.3) is 15.7 Å². The summed E-state index contributed by atoms with van der Waals surface area (Å²) in [5.41, 5.74) is 0.217. The van der Waals surface area contributed by atoms with Gasteiger partial charge in [0, 0.05) is 29.3 Å². The first-order chi connectivity index (χ1) is 11.9. The van der Waals surface area contributed by atoms with E-state index in [2.05, 4.69) is 0 Å². The molecule has 124 valence electrons. The number of aromatic nitrogens is 1. The first kappa shape index (κ1) is 16.4. The predicted octanol–water partition coefficient (Wildman–Crippen LogP) is 2.47. The molecule has 0 bridgehead atoms. The molecule has 0 aliphatic heterocycles. The lowest BCUT2D eigenvalue weighted by atomic mass is 10.1. The third-order valence-electron chi connectivity index (χ3n) is 3.64. The largest absolute Gasteiger partial charge is 0.298 e. The van der Waals surface area contributed by atoms with E-state index in [9.17, 15) is 23.3 Å². The number of carbonyl (C=O) groups is 1. The van der Waals surface area contributed by atoms with Crippen LogP contribution in [0.3, 0.4) is 0 Å². The van der Waals surface area contributed by atoms with Gasteiger partial charge in [-0.25, -0.2) is 12.4 Å². The Morgan fingerprint density at radius 2 is 1.96 bits per heavy atom. The normalized spacial score (nSPS) is 11.2. The molecule has 0 radical (unpaired) electrons. The van der Waals surface area contributed by atoms with E-state index < -0.39 is 14.9 Å². The number of non-ortho nitro benzene ring substituents is 1. The number of hydrogen-bond donors (Lipinski definition) is 0. The number of hydrogen-bond acceptors (Lipinski definition) is 6. The second-order valence-electron chi connectivity index (χ2n) is 5.10. The van der Waals surface area contributed by atoms with Crippen molar-refractivity contribution in [1.82, 2.24) is 3.97 Å². The number of carbonyl (C=O) groups excluding carboxylic acids is 1. The molecule has 0 saturated carbocycles. The van der Waals surface area contributed by atoms with Crippen LogP contribution in [0.2, 0.25) is 0 Å². The van der Waals surface area contributed by atoms with Gasteiger partial charge >= 0.3 is 0 Å². The average molecular weight is 355 g/mol. The molecule has 8 nitrogen and oxygen atoms in total. The fourth-order valence-electron chi connectivity index (χ4n) is 2.46. The minimum Gasteiger partial charge on any atom is -0.298 e. The molecule has 0 N–H and O–H groups in total. The molecule has 0 spiro atoms. The monoisotopic (exact) mass is 355 g/mol. The minimum atomic E-state index is -4.16. The summed E-state index contributed by atoms with van der Waals surface area (Å²) in [4.78, 5) is 21.2. The Kier molecular flexibility index (Phi) is 3.82. The third kappa shape index (κ3) is 2.64. The molecule has 0 aliphatic carbocycles. The molecule has 0 atom stereocenters. The lowest BCUT2D eigenvalue weighted by Gasteiger charge is -2.07. The Bertz CT molecular complexity index is 1170. The van der Waals surface area contributed by atoms with Crippen LogP contribution in [0.4, 0.5) is 5.69 Å². The highest BCUT2D eigenvalue weighted by molar-refractivity contribution is 7.90. The molecule has 25 heavy (non-hydrogen) atoms. The van der Waals surface area contributed by atoms with E-state index in [0.29, 0.717) is 11.7 Å². The van der Waals surface area contributed by atoms with Crippen molar-refractivity contribution in [3.63, 3.8) is 0 Å². The maximum atomic E-state index is 12.9. The van der Waals surface area contributed by atoms with E-state index in [0.717, 1.165) is 16.2 Å². The average Bonchev–Trinajstić information content (AvgIpc) is 3.00. The van der Waals surface area contributed by atoms with E-state index >= 15 is 0 Å². The molecule has 0 amide bonds. The molecule has 9 heteroatoms. The summed E-state index contributed by atoms with van der Waals surface area (Å²) >= 11 is 0. The van der Waals surface area contributed by atoms with Crippen molar-refractivity contribution in [2.75, 3.05) is 0 Å². The zero-order valence-corrected chi connectivity index (χ0v) is 13.3. The van der Waals surface area contributed by atoms with E-state index in [1.54, 1.807) is 0 Å². The molecule has 0 saturated heterocycles. The summed E-state index contributed by atoms with van der Waals surface area (Å²) in [6.45, 7) is 0. The number of nitro groups is 1. The Morgan fingerprint density at radius 1 is 1.20 bits per heavy atom. The molecule has 2 aromatic carbocycles. The molecule has 3 aromatic rings. The van der Waals surface area contributed by atoms with Crippen molar-refractivity contribution in [1.29, 1.82) is 5.26 Å². The van der Waals surface area contributed by atoms with Gasteiger partial charge < -0.3 is 0 Å². The van der Waals surface area contributed by atoms with Crippen LogP contribution in [0, 0.1) is 21.4 Å². The summed E-state index contributed by atoms with van der Waals surface area (Å²) < 4.78 is 26.6. The Balaban J connectivity index is 2.28. The number of nitro benzene ring substituents is 1. The summed E-state index contributed by atoms with van der Waals surface area (Å²) in [6, 6.07) is 10.8. The molecular weight excluding hydrogens is 346 g/mol. The fourth-order valence-corrected chi connectivity index (χ4v) is 3.88. The molecule has 3 rings (SSSR count). The van der Waals surface area contributed by atoms with Gasteiger partial charge in [-0.1, -0.05) is 6.07 Å². The second-order valence-corrected chi connectivity index (χ2v) is 6.92. The van der Waals surface area contributed by atoms with Crippen molar-refractivity contribution in [2.24, 2.45) is 0 Å². The maximum Gasteiger partial charge on any atom is 0.270 e. The van der Waals surface area contributed by atoms with Crippen LogP contribution in [0.25, 0.3) is 10.9 Å². The van der Waals surface area contributed by atoms with Crippen LogP contribution in [0.1, 0.15) is 15.9 Å². The zero-order chi connectivity index (χ0) is 18.2. The number of rotatable bonds is 4. The van der Waals surface area contributed by atoms with Crippen LogP contribution in [0.15, 0.2) is 53.6 Å². The van der Waals surface area contributed by atoms with Crippen LogP contribution in [-0.4, -0.2) is 23.6 Å². The molecule has 0 aliphatic rings. The minimum absolute atomic E-state index is 0.0982. The van der Waals surface area contributed by atoms with Gasteiger partial charge in [0.05, 0.1) is 27.0 Å². The quantitative estimate of drug-likeness (QED) is 0.402. The maximum absolute atomic E-state index is 12.9. The van der Waals surface area contributed by atoms with Crippen LogP contribution in [-0.2, 0) is 10.0 Å². The number of nitrogens with zero attached hydrogens (tertiary/aromatic N) is 3. The van der Waals surface area contributed by atoms with Gasteiger partial charge in [0.2, 0.25) is 0 Å². The van der Waals surface area contributed by atoms with Gasteiger partial charge in [-0.05, 0) is 24.3 Å². The Morgan fingerprint density at radius 3 is 2.60 bits per heavy atom. The van der Waals surface area contributed by atoms with E-state index in [-0.39, 0.29) is 27.2 Å². The smallest absolute Gasteiger partial charge is 0.270 e. The van der Waals surface area contributed by atoms with Crippen molar-refractivity contribution in [3.05, 3.63) is 69.9 Å². The lowest BCUT2D eigenvalue weighted by molar-refractivity contribution is -0.385. The van der Waals surface area contributed by atoms with Gasteiger partial charge in [-0.2, -0.15) is 5.26 Å². The number of fused-ring (bicyclic) bond motifs is 1. The van der Waals surface area contributed by atoms with Gasteiger partial charge in [-0.15, -0.1) is 0 Å². The molecule has 1 heterocycles. The van der Waals surface area contributed by atoms with E-state index in [1.807, 2.05) is 6.07 Å². The lowest BCUT2D eigenvalue weighted by Crippen LogP contribution is -2.12. The second kappa shape index (κ2) is 5.85. The Hall–Kier alpha value is -3.51. The highest BCUT2D eigenvalue weighted by Gasteiger charge is 2.23. The molecular formula is C16H9N3O5S. The van der Waals surface area contributed by atoms with Crippen molar-refractivity contribution in [2.45, 2.75) is 4.90 Å². The molecule has 0 unspecified atom stereocenters. The van der Waals surface area contributed by atoms with Crippen LogP contribution in [0.5, 0.6) is 0 Å². The summed E-state index contributed by atoms with van der Waals surface area (Å²) in [7, 11) is -4.16. The highest BCUT2D eigenvalue weighted by atomic mass is 32.2.